The fourth-order valence-electron chi connectivity index (χ4n) is 2.09. The predicted octanol–water partition coefficient (Wildman–Crippen LogP) is 4.33. The van der Waals surface area contributed by atoms with Crippen LogP contribution < -0.4 is 10.1 Å². The summed E-state index contributed by atoms with van der Waals surface area (Å²) in [6, 6.07) is 6.37. The van der Waals surface area contributed by atoms with Crippen LogP contribution in [0.25, 0.3) is 5.57 Å². The summed E-state index contributed by atoms with van der Waals surface area (Å²) in [5.74, 6) is 1.53. The Morgan fingerprint density at radius 2 is 2.22 bits per heavy atom. The lowest BCUT2D eigenvalue weighted by molar-refractivity contribution is 0.271. The van der Waals surface area contributed by atoms with Gasteiger partial charge < -0.3 is 10.1 Å². The van der Waals surface area contributed by atoms with Crippen molar-refractivity contribution in [2.24, 2.45) is 5.92 Å². The summed E-state index contributed by atoms with van der Waals surface area (Å²) in [6.45, 7) is 8.26. The lowest BCUT2D eigenvalue weighted by Gasteiger charge is -2.10. The van der Waals surface area contributed by atoms with E-state index in [1.807, 2.05) is 0 Å². The van der Waals surface area contributed by atoms with Gasteiger partial charge in [0.2, 0.25) is 0 Å². The van der Waals surface area contributed by atoms with Crippen molar-refractivity contribution in [1.82, 2.24) is 0 Å². The molecule has 18 heavy (non-hydrogen) atoms. The molecular weight excluding hydrogens is 222 g/mol. The highest BCUT2D eigenvalue weighted by molar-refractivity contribution is 5.84. The van der Waals surface area contributed by atoms with Gasteiger partial charge in [-0.1, -0.05) is 33.3 Å². The zero-order valence-corrected chi connectivity index (χ0v) is 11.6. The van der Waals surface area contributed by atoms with Crippen molar-refractivity contribution < 1.29 is 4.74 Å². The van der Waals surface area contributed by atoms with Crippen molar-refractivity contribution in [3.8, 4) is 5.75 Å². The van der Waals surface area contributed by atoms with E-state index in [1.165, 1.54) is 23.2 Å². The molecule has 0 spiro atoms. The summed E-state index contributed by atoms with van der Waals surface area (Å²) in [5, 5.41) is 3.44. The Morgan fingerprint density at radius 1 is 1.39 bits per heavy atom. The van der Waals surface area contributed by atoms with Crippen LogP contribution in [0.2, 0.25) is 0 Å². The molecule has 0 radical (unpaired) electrons. The second-order valence-corrected chi connectivity index (χ2v) is 5.28. The van der Waals surface area contributed by atoms with E-state index < -0.39 is 0 Å². The SMILES string of the molecule is CCC/C=C1/CNc2cc(OCC(C)C)ccc21. The first kappa shape index (κ1) is 13.0. The number of allylic oxidation sites excluding steroid dienone is 1. The van der Waals surface area contributed by atoms with Crippen LogP contribution in [0.3, 0.4) is 0 Å². The molecule has 0 saturated carbocycles. The van der Waals surface area contributed by atoms with Crippen LogP contribution in [0.1, 0.15) is 39.2 Å². The summed E-state index contributed by atoms with van der Waals surface area (Å²) < 4.78 is 5.75. The quantitative estimate of drug-likeness (QED) is 0.833. The van der Waals surface area contributed by atoms with E-state index in [-0.39, 0.29) is 0 Å². The molecule has 0 bridgehead atoms. The molecule has 0 unspecified atom stereocenters. The number of benzene rings is 1. The Kier molecular flexibility index (Phi) is 4.29. The Hall–Kier alpha value is -1.44. The van der Waals surface area contributed by atoms with Gasteiger partial charge in [-0.2, -0.15) is 0 Å². The fraction of sp³-hybridized carbons (Fsp3) is 0.500. The minimum atomic E-state index is 0.561. The largest absolute Gasteiger partial charge is 0.493 e. The molecular formula is C16H23NO. The Morgan fingerprint density at radius 3 is 2.94 bits per heavy atom. The van der Waals surface area contributed by atoms with E-state index in [0.717, 1.165) is 25.3 Å². The lowest BCUT2D eigenvalue weighted by Crippen LogP contribution is -2.04. The molecule has 2 heteroatoms. The van der Waals surface area contributed by atoms with Gasteiger partial charge in [-0.15, -0.1) is 0 Å². The first-order chi connectivity index (χ1) is 8.70. The van der Waals surface area contributed by atoms with Gasteiger partial charge in [0.15, 0.2) is 0 Å². The topological polar surface area (TPSA) is 21.3 Å². The molecule has 2 rings (SSSR count). The molecule has 0 fully saturated rings. The molecule has 0 aromatic heterocycles. The molecule has 0 amide bonds. The standard InChI is InChI=1S/C16H23NO/c1-4-5-6-13-10-17-16-9-14(7-8-15(13)16)18-11-12(2)3/h6-9,12,17H,4-5,10-11H2,1-3H3/b13-6-. The first-order valence-electron chi connectivity index (χ1n) is 6.90. The summed E-state index contributed by atoms with van der Waals surface area (Å²) in [6.07, 6.45) is 4.70. The molecule has 0 saturated heterocycles. The van der Waals surface area contributed by atoms with E-state index in [1.54, 1.807) is 0 Å². The number of rotatable bonds is 5. The number of hydrogen-bond donors (Lipinski definition) is 1. The summed E-state index contributed by atoms with van der Waals surface area (Å²) in [5.41, 5.74) is 3.96. The maximum Gasteiger partial charge on any atom is 0.121 e. The predicted molar refractivity (Wildman–Crippen MR) is 78.1 cm³/mol. The molecule has 2 nitrogen and oxygen atoms in total. The minimum Gasteiger partial charge on any atom is -0.493 e. The van der Waals surface area contributed by atoms with Gasteiger partial charge in [-0.3, -0.25) is 0 Å². The first-order valence-corrected chi connectivity index (χ1v) is 6.90. The second-order valence-electron chi connectivity index (χ2n) is 5.28. The van der Waals surface area contributed by atoms with Crippen molar-refractivity contribution in [3.05, 3.63) is 29.8 Å². The molecule has 1 aromatic carbocycles. The highest BCUT2D eigenvalue weighted by atomic mass is 16.5. The minimum absolute atomic E-state index is 0.561. The molecule has 0 aliphatic carbocycles. The molecule has 1 aromatic rings. The number of nitrogens with one attached hydrogen (secondary N) is 1. The van der Waals surface area contributed by atoms with Crippen LogP contribution in [-0.4, -0.2) is 13.2 Å². The van der Waals surface area contributed by atoms with Gasteiger partial charge in [0.25, 0.3) is 0 Å². The number of anilines is 1. The second kappa shape index (κ2) is 5.94. The molecule has 1 heterocycles. The van der Waals surface area contributed by atoms with Crippen LogP contribution in [0.5, 0.6) is 5.75 Å². The highest BCUT2D eigenvalue weighted by Crippen LogP contribution is 2.34. The number of unbranched alkanes of at least 4 members (excludes halogenated alkanes) is 1. The van der Waals surface area contributed by atoms with Crippen molar-refractivity contribution in [1.29, 1.82) is 0 Å². The Balaban J connectivity index is 2.10. The number of hydrogen-bond acceptors (Lipinski definition) is 2. The third-order valence-electron chi connectivity index (χ3n) is 3.07. The van der Waals surface area contributed by atoms with Crippen LogP contribution in [-0.2, 0) is 0 Å². The van der Waals surface area contributed by atoms with E-state index in [9.17, 15) is 0 Å². The Bertz CT molecular complexity index is 435. The van der Waals surface area contributed by atoms with Crippen LogP contribution in [0.4, 0.5) is 5.69 Å². The normalized spacial score (nSPS) is 15.9. The van der Waals surface area contributed by atoms with Gasteiger partial charge in [-0.25, -0.2) is 0 Å². The average molecular weight is 245 g/mol. The summed E-state index contributed by atoms with van der Waals surface area (Å²) in [4.78, 5) is 0. The van der Waals surface area contributed by atoms with Crippen molar-refractivity contribution in [3.63, 3.8) is 0 Å². The van der Waals surface area contributed by atoms with Gasteiger partial charge >= 0.3 is 0 Å². The third kappa shape index (κ3) is 3.06. The summed E-state index contributed by atoms with van der Waals surface area (Å²) in [7, 11) is 0. The van der Waals surface area contributed by atoms with Crippen LogP contribution in [0.15, 0.2) is 24.3 Å². The van der Waals surface area contributed by atoms with Crippen LogP contribution in [0, 0.1) is 5.92 Å². The van der Waals surface area contributed by atoms with Gasteiger partial charge in [0.1, 0.15) is 5.75 Å². The number of fused-ring (bicyclic) bond motifs is 1. The van der Waals surface area contributed by atoms with Gasteiger partial charge in [0.05, 0.1) is 6.61 Å². The lowest BCUT2D eigenvalue weighted by atomic mass is 10.1. The molecule has 0 atom stereocenters. The Labute approximate surface area is 110 Å². The molecule has 1 N–H and O–H groups in total. The van der Waals surface area contributed by atoms with Crippen LogP contribution >= 0.6 is 0 Å². The third-order valence-corrected chi connectivity index (χ3v) is 3.07. The van der Waals surface area contributed by atoms with E-state index in [2.05, 4.69) is 50.4 Å². The van der Waals surface area contributed by atoms with Crippen molar-refractivity contribution in [2.75, 3.05) is 18.5 Å². The van der Waals surface area contributed by atoms with Crippen molar-refractivity contribution in [2.45, 2.75) is 33.6 Å². The molecule has 1 aliphatic rings. The zero-order chi connectivity index (χ0) is 13.0. The zero-order valence-electron chi connectivity index (χ0n) is 11.6. The van der Waals surface area contributed by atoms with Gasteiger partial charge in [0, 0.05) is 23.9 Å². The van der Waals surface area contributed by atoms with Gasteiger partial charge in [-0.05, 0) is 30.0 Å². The van der Waals surface area contributed by atoms with E-state index in [4.69, 9.17) is 4.74 Å². The smallest absolute Gasteiger partial charge is 0.121 e. The van der Waals surface area contributed by atoms with E-state index in [0.29, 0.717) is 5.92 Å². The fourth-order valence-corrected chi connectivity index (χ4v) is 2.09. The molecule has 1 aliphatic heterocycles. The molecule has 98 valence electrons. The van der Waals surface area contributed by atoms with E-state index >= 15 is 0 Å². The number of ether oxygens (including phenoxy) is 1. The maximum atomic E-state index is 5.75. The average Bonchev–Trinajstić information content (AvgIpc) is 2.76. The monoisotopic (exact) mass is 245 g/mol. The maximum absolute atomic E-state index is 5.75. The highest BCUT2D eigenvalue weighted by Gasteiger charge is 2.15. The summed E-state index contributed by atoms with van der Waals surface area (Å²) >= 11 is 0. The van der Waals surface area contributed by atoms with Crippen molar-refractivity contribution >= 4 is 11.3 Å².